The first-order chi connectivity index (χ1) is 7.20. The first kappa shape index (κ1) is 12.5. The van der Waals surface area contributed by atoms with Crippen molar-refractivity contribution in [2.24, 2.45) is 0 Å². The Kier molecular flexibility index (Phi) is 5.06. The summed E-state index contributed by atoms with van der Waals surface area (Å²) in [4.78, 5) is 4.00. The number of pyridine rings is 1. The van der Waals surface area contributed by atoms with Gasteiger partial charge in [-0.3, -0.25) is 4.98 Å². The SMILES string of the molecule is CCC(C)(CCCl)NCc1ccncc1. The quantitative estimate of drug-likeness (QED) is 0.755. The van der Waals surface area contributed by atoms with E-state index < -0.39 is 0 Å². The second kappa shape index (κ2) is 6.09. The van der Waals surface area contributed by atoms with Gasteiger partial charge in [-0.25, -0.2) is 0 Å². The van der Waals surface area contributed by atoms with Crippen LogP contribution in [0, 0.1) is 0 Å². The number of hydrogen-bond donors (Lipinski definition) is 1. The van der Waals surface area contributed by atoms with Crippen molar-refractivity contribution < 1.29 is 0 Å². The highest BCUT2D eigenvalue weighted by atomic mass is 35.5. The van der Waals surface area contributed by atoms with Crippen LogP contribution in [0.3, 0.4) is 0 Å². The molecule has 1 aromatic heterocycles. The summed E-state index contributed by atoms with van der Waals surface area (Å²) in [7, 11) is 0. The van der Waals surface area contributed by atoms with Gasteiger partial charge in [0.25, 0.3) is 0 Å². The van der Waals surface area contributed by atoms with Crippen molar-refractivity contribution in [2.75, 3.05) is 5.88 Å². The molecule has 2 nitrogen and oxygen atoms in total. The molecule has 1 rings (SSSR count). The molecule has 15 heavy (non-hydrogen) atoms. The summed E-state index contributed by atoms with van der Waals surface area (Å²) in [6, 6.07) is 4.06. The van der Waals surface area contributed by atoms with Gasteiger partial charge in [0.05, 0.1) is 0 Å². The van der Waals surface area contributed by atoms with Crippen molar-refractivity contribution in [2.45, 2.75) is 38.8 Å². The van der Waals surface area contributed by atoms with Gasteiger partial charge in [-0.15, -0.1) is 11.6 Å². The van der Waals surface area contributed by atoms with Gasteiger partial charge in [-0.2, -0.15) is 0 Å². The van der Waals surface area contributed by atoms with E-state index in [1.807, 2.05) is 24.5 Å². The Morgan fingerprint density at radius 1 is 1.40 bits per heavy atom. The van der Waals surface area contributed by atoms with E-state index in [0.717, 1.165) is 19.4 Å². The Labute approximate surface area is 97.1 Å². The summed E-state index contributed by atoms with van der Waals surface area (Å²) in [5.74, 6) is 0.702. The molecule has 0 saturated carbocycles. The van der Waals surface area contributed by atoms with E-state index in [1.165, 1.54) is 5.56 Å². The number of alkyl halides is 1. The molecule has 1 atom stereocenters. The van der Waals surface area contributed by atoms with E-state index in [4.69, 9.17) is 11.6 Å². The lowest BCUT2D eigenvalue weighted by atomic mass is 9.95. The van der Waals surface area contributed by atoms with Crippen LogP contribution in [0.15, 0.2) is 24.5 Å². The number of hydrogen-bond acceptors (Lipinski definition) is 2. The van der Waals surface area contributed by atoms with E-state index >= 15 is 0 Å². The van der Waals surface area contributed by atoms with Crippen LogP contribution in [0.2, 0.25) is 0 Å². The zero-order valence-electron chi connectivity index (χ0n) is 9.46. The summed E-state index contributed by atoms with van der Waals surface area (Å²) < 4.78 is 0. The third-order valence-electron chi connectivity index (χ3n) is 2.90. The van der Waals surface area contributed by atoms with Crippen molar-refractivity contribution >= 4 is 11.6 Å². The van der Waals surface area contributed by atoms with Gasteiger partial charge in [0.1, 0.15) is 0 Å². The highest BCUT2D eigenvalue weighted by Gasteiger charge is 2.19. The zero-order chi connectivity index (χ0) is 11.1. The molecule has 84 valence electrons. The Balaban J connectivity index is 2.47. The van der Waals surface area contributed by atoms with E-state index in [-0.39, 0.29) is 5.54 Å². The van der Waals surface area contributed by atoms with Crippen molar-refractivity contribution in [3.8, 4) is 0 Å². The fraction of sp³-hybridized carbons (Fsp3) is 0.583. The molecule has 1 aromatic rings. The Morgan fingerprint density at radius 2 is 2.07 bits per heavy atom. The minimum absolute atomic E-state index is 0.144. The van der Waals surface area contributed by atoms with Gasteiger partial charge >= 0.3 is 0 Å². The molecule has 0 fully saturated rings. The summed E-state index contributed by atoms with van der Waals surface area (Å²) in [5, 5.41) is 3.55. The first-order valence-electron chi connectivity index (χ1n) is 5.40. The summed E-state index contributed by atoms with van der Waals surface area (Å²) >= 11 is 5.80. The fourth-order valence-electron chi connectivity index (χ4n) is 1.41. The molecule has 1 unspecified atom stereocenters. The van der Waals surface area contributed by atoms with E-state index in [0.29, 0.717) is 5.88 Å². The Morgan fingerprint density at radius 3 is 2.60 bits per heavy atom. The van der Waals surface area contributed by atoms with Gasteiger partial charge in [0.2, 0.25) is 0 Å². The highest BCUT2D eigenvalue weighted by Crippen LogP contribution is 2.15. The van der Waals surface area contributed by atoms with Gasteiger partial charge in [0, 0.05) is 30.4 Å². The zero-order valence-corrected chi connectivity index (χ0v) is 10.2. The minimum Gasteiger partial charge on any atom is -0.307 e. The first-order valence-corrected chi connectivity index (χ1v) is 5.93. The Hall–Kier alpha value is -0.600. The Bertz CT molecular complexity index is 276. The van der Waals surface area contributed by atoms with Crippen molar-refractivity contribution in [1.82, 2.24) is 10.3 Å². The summed E-state index contributed by atoms with van der Waals surface area (Å²) in [6.45, 7) is 5.28. The maximum atomic E-state index is 5.80. The molecule has 0 radical (unpaired) electrons. The van der Waals surface area contributed by atoms with Crippen LogP contribution >= 0.6 is 11.6 Å². The molecule has 0 bridgehead atoms. The maximum absolute atomic E-state index is 5.80. The van der Waals surface area contributed by atoms with Crippen LogP contribution in [0.25, 0.3) is 0 Å². The third-order valence-corrected chi connectivity index (χ3v) is 3.08. The number of aromatic nitrogens is 1. The normalized spacial score (nSPS) is 14.9. The van der Waals surface area contributed by atoms with Crippen LogP contribution in [0.5, 0.6) is 0 Å². The van der Waals surface area contributed by atoms with Crippen LogP contribution in [0.4, 0.5) is 0 Å². The molecule has 3 heteroatoms. The predicted molar refractivity (Wildman–Crippen MR) is 65.1 cm³/mol. The van der Waals surface area contributed by atoms with Crippen molar-refractivity contribution in [3.05, 3.63) is 30.1 Å². The number of nitrogens with one attached hydrogen (secondary N) is 1. The number of halogens is 1. The molecular weight excluding hydrogens is 208 g/mol. The predicted octanol–water partition coefficient (Wildman–Crippen LogP) is 2.97. The lowest BCUT2D eigenvalue weighted by Crippen LogP contribution is -2.41. The molecule has 0 aromatic carbocycles. The monoisotopic (exact) mass is 226 g/mol. The van der Waals surface area contributed by atoms with Gasteiger partial charge in [-0.1, -0.05) is 6.92 Å². The van der Waals surface area contributed by atoms with Gasteiger partial charge < -0.3 is 5.32 Å². The molecule has 0 amide bonds. The second-order valence-corrected chi connectivity index (χ2v) is 4.44. The van der Waals surface area contributed by atoms with Crippen LogP contribution in [0.1, 0.15) is 32.3 Å². The lowest BCUT2D eigenvalue weighted by Gasteiger charge is -2.29. The van der Waals surface area contributed by atoms with Crippen molar-refractivity contribution in [3.63, 3.8) is 0 Å². The molecule has 0 aliphatic heterocycles. The molecule has 0 aliphatic carbocycles. The van der Waals surface area contributed by atoms with Crippen LogP contribution in [-0.4, -0.2) is 16.4 Å². The van der Waals surface area contributed by atoms with Crippen LogP contribution in [-0.2, 0) is 6.54 Å². The topological polar surface area (TPSA) is 24.9 Å². The fourth-order valence-corrected chi connectivity index (χ4v) is 1.83. The highest BCUT2D eigenvalue weighted by molar-refractivity contribution is 6.17. The maximum Gasteiger partial charge on any atom is 0.0271 e. The molecular formula is C12H19ClN2. The van der Waals surface area contributed by atoms with E-state index in [9.17, 15) is 0 Å². The minimum atomic E-state index is 0.144. The molecule has 0 spiro atoms. The second-order valence-electron chi connectivity index (χ2n) is 4.06. The van der Waals surface area contributed by atoms with Crippen molar-refractivity contribution in [1.29, 1.82) is 0 Å². The molecule has 1 heterocycles. The molecule has 0 aliphatic rings. The lowest BCUT2D eigenvalue weighted by molar-refractivity contribution is 0.331. The molecule has 0 saturated heterocycles. The van der Waals surface area contributed by atoms with Gasteiger partial charge in [-0.05, 0) is 37.5 Å². The summed E-state index contributed by atoms with van der Waals surface area (Å²) in [5.41, 5.74) is 1.41. The largest absolute Gasteiger partial charge is 0.307 e. The number of rotatable bonds is 6. The van der Waals surface area contributed by atoms with E-state index in [1.54, 1.807) is 0 Å². The molecule has 1 N–H and O–H groups in total. The smallest absolute Gasteiger partial charge is 0.0271 e. The number of nitrogens with zero attached hydrogens (tertiary/aromatic N) is 1. The average molecular weight is 227 g/mol. The average Bonchev–Trinajstić information content (AvgIpc) is 2.28. The third kappa shape index (κ3) is 4.18. The summed E-state index contributed by atoms with van der Waals surface area (Å²) in [6.07, 6.45) is 5.73. The van der Waals surface area contributed by atoms with E-state index in [2.05, 4.69) is 24.1 Å². The standard InChI is InChI=1S/C12H19ClN2/c1-3-12(2,6-7-13)15-10-11-4-8-14-9-5-11/h4-5,8-9,15H,3,6-7,10H2,1-2H3. The van der Waals surface area contributed by atoms with Gasteiger partial charge in [0.15, 0.2) is 0 Å². The van der Waals surface area contributed by atoms with Crippen LogP contribution < -0.4 is 5.32 Å².